The second-order valence-corrected chi connectivity index (χ2v) is 8.05. The molecule has 30 heavy (non-hydrogen) atoms. The molecular formula is C24H21N3O3. The molecular weight excluding hydrogens is 378 g/mol. The van der Waals surface area contributed by atoms with E-state index in [1.807, 2.05) is 44.2 Å². The topological polar surface area (TPSA) is 70.1 Å². The largest absolute Gasteiger partial charge is 0.292 e. The third-order valence-corrected chi connectivity index (χ3v) is 6.21. The van der Waals surface area contributed by atoms with E-state index in [0.717, 1.165) is 11.1 Å². The van der Waals surface area contributed by atoms with Crippen molar-refractivity contribution in [3.8, 4) is 0 Å². The van der Waals surface area contributed by atoms with Crippen molar-refractivity contribution in [1.29, 1.82) is 0 Å². The highest BCUT2D eigenvalue weighted by Crippen LogP contribution is 2.46. The molecule has 0 spiro atoms. The summed E-state index contributed by atoms with van der Waals surface area (Å²) in [7, 11) is 0. The van der Waals surface area contributed by atoms with Gasteiger partial charge in [-0.1, -0.05) is 54.1 Å². The van der Waals surface area contributed by atoms with Gasteiger partial charge in [-0.25, -0.2) is 4.90 Å². The number of carbonyl (C=O) groups excluding carboxylic acids is 3. The van der Waals surface area contributed by atoms with Crippen molar-refractivity contribution in [2.75, 3.05) is 4.90 Å². The van der Waals surface area contributed by atoms with Gasteiger partial charge in [0, 0.05) is 11.8 Å². The molecule has 3 aliphatic heterocycles. The fourth-order valence-corrected chi connectivity index (χ4v) is 4.90. The molecule has 0 radical (unpaired) electrons. The average Bonchev–Trinajstić information content (AvgIpc) is 3.22. The number of hydrogen-bond acceptors (Lipinski definition) is 5. The molecule has 2 fully saturated rings. The van der Waals surface area contributed by atoms with Crippen molar-refractivity contribution in [2.45, 2.75) is 25.9 Å². The summed E-state index contributed by atoms with van der Waals surface area (Å²) in [5.41, 5.74) is 3.02. The van der Waals surface area contributed by atoms with Gasteiger partial charge in [0.1, 0.15) is 6.04 Å². The van der Waals surface area contributed by atoms with E-state index in [1.165, 1.54) is 4.90 Å². The smallest absolute Gasteiger partial charge is 0.240 e. The number of benzene rings is 2. The van der Waals surface area contributed by atoms with Crippen LogP contribution in [0.5, 0.6) is 0 Å². The van der Waals surface area contributed by atoms with Crippen LogP contribution in [0, 0.1) is 25.7 Å². The molecule has 6 nitrogen and oxygen atoms in total. The predicted molar refractivity (Wildman–Crippen MR) is 113 cm³/mol. The van der Waals surface area contributed by atoms with Gasteiger partial charge in [0.05, 0.1) is 23.6 Å². The molecule has 6 heteroatoms. The standard InChI is InChI=1S/C24H21N3O3/c1-14-10-11-17(15(2)13-14)26-23(29)19-18-9-6-12-25-27(18)21(20(19)24(26)30)22(28)16-7-4-3-5-8-16/h3-13,18-21H,1-2H3/t18-,19-,20-,21+/m0/s1. The lowest BCUT2D eigenvalue weighted by Crippen LogP contribution is -2.46. The van der Waals surface area contributed by atoms with Gasteiger partial charge < -0.3 is 0 Å². The normalized spacial score (nSPS) is 26.9. The number of imide groups is 1. The van der Waals surface area contributed by atoms with E-state index in [-0.39, 0.29) is 17.6 Å². The number of nitrogens with zero attached hydrogens (tertiary/aromatic N) is 3. The maximum Gasteiger partial charge on any atom is 0.240 e. The molecule has 2 aromatic rings. The van der Waals surface area contributed by atoms with E-state index < -0.39 is 23.9 Å². The van der Waals surface area contributed by atoms with Gasteiger partial charge >= 0.3 is 0 Å². The van der Waals surface area contributed by atoms with Crippen LogP contribution in [0.25, 0.3) is 0 Å². The Balaban J connectivity index is 1.60. The number of Topliss-reactive ketones (excluding diaryl/α,β-unsaturated/α-hetero) is 1. The van der Waals surface area contributed by atoms with E-state index in [9.17, 15) is 14.4 Å². The molecule has 5 rings (SSSR count). The Morgan fingerprint density at radius 3 is 2.43 bits per heavy atom. The van der Waals surface area contributed by atoms with Crippen LogP contribution in [0.1, 0.15) is 21.5 Å². The number of aryl methyl sites for hydroxylation is 2. The number of hydrogen-bond donors (Lipinski definition) is 0. The van der Waals surface area contributed by atoms with Gasteiger partial charge in [0.2, 0.25) is 11.8 Å². The van der Waals surface area contributed by atoms with Gasteiger partial charge in [-0.15, -0.1) is 0 Å². The second kappa shape index (κ2) is 6.76. The van der Waals surface area contributed by atoms with Crippen LogP contribution in [0.15, 0.2) is 65.8 Å². The molecule has 0 aliphatic carbocycles. The first-order valence-electron chi connectivity index (χ1n) is 10.0. The van der Waals surface area contributed by atoms with Gasteiger partial charge in [-0.05, 0) is 31.6 Å². The van der Waals surface area contributed by atoms with E-state index >= 15 is 0 Å². The van der Waals surface area contributed by atoms with Crippen molar-refractivity contribution in [2.24, 2.45) is 16.9 Å². The number of allylic oxidation sites excluding steroid dienone is 1. The highest BCUT2D eigenvalue weighted by atomic mass is 16.2. The van der Waals surface area contributed by atoms with Crippen molar-refractivity contribution < 1.29 is 14.4 Å². The first-order valence-corrected chi connectivity index (χ1v) is 10.0. The Morgan fingerprint density at radius 2 is 1.70 bits per heavy atom. The van der Waals surface area contributed by atoms with Crippen LogP contribution in [0.3, 0.4) is 0 Å². The van der Waals surface area contributed by atoms with Gasteiger partial charge in [-0.2, -0.15) is 5.10 Å². The lowest BCUT2D eigenvalue weighted by molar-refractivity contribution is -0.123. The Bertz CT molecular complexity index is 1120. The van der Waals surface area contributed by atoms with Crippen LogP contribution in [0.2, 0.25) is 0 Å². The van der Waals surface area contributed by atoms with Gasteiger partial charge in [-0.3, -0.25) is 19.4 Å². The van der Waals surface area contributed by atoms with E-state index in [2.05, 4.69) is 5.10 Å². The Hall–Kier alpha value is -3.54. The number of ketones is 1. The summed E-state index contributed by atoms with van der Waals surface area (Å²) in [6.45, 7) is 3.86. The fraction of sp³-hybridized carbons (Fsp3) is 0.250. The summed E-state index contributed by atoms with van der Waals surface area (Å²) < 4.78 is 0. The number of anilines is 1. The van der Waals surface area contributed by atoms with E-state index in [1.54, 1.807) is 41.6 Å². The monoisotopic (exact) mass is 399 g/mol. The summed E-state index contributed by atoms with van der Waals surface area (Å²) >= 11 is 0. The van der Waals surface area contributed by atoms with Crippen LogP contribution in [-0.4, -0.2) is 40.9 Å². The molecule has 4 atom stereocenters. The van der Waals surface area contributed by atoms with Crippen LogP contribution in [-0.2, 0) is 9.59 Å². The van der Waals surface area contributed by atoms with E-state index in [0.29, 0.717) is 11.3 Å². The summed E-state index contributed by atoms with van der Waals surface area (Å²) in [4.78, 5) is 41.8. The van der Waals surface area contributed by atoms with Crippen molar-refractivity contribution >= 4 is 29.5 Å². The molecule has 0 aromatic heterocycles. The molecule has 0 bridgehead atoms. The number of amides is 2. The third kappa shape index (κ3) is 2.56. The molecule has 0 saturated carbocycles. The maximum absolute atomic E-state index is 13.6. The second-order valence-electron chi connectivity index (χ2n) is 8.05. The van der Waals surface area contributed by atoms with Crippen molar-refractivity contribution in [1.82, 2.24) is 5.01 Å². The average molecular weight is 399 g/mol. The fourth-order valence-electron chi connectivity index (χ4n) is 4.90. The molecule has 3 aliphatic rings. The van der Waals surface area contributed by atoms with E-state index in [4.69, 9.17) is 0 Å². The third-order valence-electron chi connectivity index (χ3n) is 6.21. The molecule has 2 saturated heterocycles. The lowest BCUT2D eigenvalue weighted by Gasteiger charge is -2.30. The molecule has 2 aromatic carbocycles. The molecule has 3 heterocycles. The quantitative estimate of drug-likeness (QED) is 0.588. The van der Waals surface area contributed by atoms with Crippen molar-refractivity contribution in [3.63, 3.8) is 0 Å². The minimum atomic E-state index is -0.809. The lowest BCUT2D eigenvalue weighted by atomic mass is 9.86. The van der Waals surface area contributed by atoms with Gasteiger partial charge in [0.15, 0.2) is 5.78 Å². The Labute approximate surface area is 174 Å². The predicted octanol–water partition coefficient (Wildman–Crippen LogP) is 2.90. The zero-order valence-corrected chi connectivity index (χ0v) is 16.7. The molecule has 150 valence electrons. The first kappa shape index (κ1) is 18.5. The van der Waals surface area contributed by atoms with Gasteiger partial charge in [0.25, 0.3) is 0 Å². The molecule has 2 amide bonds. The SMILES string of the molecule is Cc1ccc(N2C(=O)[C@@H]3[C@H](C2=O)[C@H](C(=O)c2ccccc2)N2N=CC=C[C@@H]32)c(C)c1. The zero-order chi connectivity index (χ0) is 21.0. The summed E-state index contributed by atoms with van der Waals surface area (Å²) in [5.74, 6) is -2.19. The number of carbonyl (C=O) groups is 3. The van der Waals surface area contributed by atoms with Crippen molar-refractivity contribution in [3.05, 3.63) is 77.4 Å². The maximum atomic E-state index is 13.6. The molecule has 0 N–H and O–H groups in total. The van der Waals surface area contributed by atoms with Crippen LogP contribution >= 0.6 is 0 Å². The summed E-state index contributed by atoms with van der Waals surface area (Å²) in [6.07, 6.45) is 5.23. The van der Waals surface area contributed by atoms with Crippen LogP contribution in [0.4, 0.5) is 5.69 Å². The Morgan fingerprint density at radius 1 is 0.967 bits per heavy atom. The highest BCUT2D eigenvalue weighted by Gasteiger charge is 2.64. The Kier molecular flexibility index (Phi) is 4.17. The van der Waals surface area contributed by atoms with Crippen LogP contribution < -0.4 is 4.90 Å². The summed E-state index contributed by atoms with van der Waals surface area (Å²) in [5, 5.41) is 6.01. The minimum absolute atomic E-state index is 0.191. The number of rotatable bonds is 3. The summed E-state index contributed by atoms with van der Waals surface area (Å²) in [6, 6.07) is 13.3. The zero-order valence-electron chi connectivity index (χ0n) is 16.7. The first-order chi connectivity index (χ1) is 14.5. The number of hydrazone groups is 1. The molecule has 0 unspecified atom stereocenters. The highest BCUT2D eigenvalue weighted by molar-refractivity contribution is 6.25. The number of fused-ring (bicyclic) bond motifs is 3. The minimum Gasteiger partial charge on any atom is -0.292 e.